The van der Waals surface area contributed by atoms with E-state index in [1.54, 1.807) is 0 Å². The highest BCUT2D eigenvalue weighted by molar-refractivity contribution is 5.76. The number of carbonyl (C=O) groups excluding carboxylic acids is 2. The second-order valence-electron chi connectivity index (χ2n) is 10.7. The molecule has 38 heavy (non-hydrogen) atoms. The Morgan fingerprint density at radius 2 is 1.37 bits per heavy atom. The molecule has 4 atom stereocenters. The fourth-order valence-corrected chi connectivity index (χ4v) is 5.87. The van der Waals surface area contributed by atoms with Crippen molar-refractivity contribution < 1.29 is 19.1 Å². The molecule has 0 radical (unpaired) electrons. The van der Waals surface area contributed by atoms with Gasteiger partial charge in [0.2, 0.25) is 0 Å². The van der Waals surface area contributed by atoms with Gasteiger partial charge in [0.05, 0.1) is 5.92 Å². The molecule has 5 heteroatoms. The van der Waals surface area contributed by atoms with Gasteiger partial charge in [0.15, 0.2) is 0 Å². The van der Waals surface area contributed by atoms with Crippen molar-refractivity contribution in [1.82, 2.24) is 4.90 Å². The van der Waals surface area contributed by atoms with Gasteiger partial charge in [-0.05, 0) is 62.5 Å². The Balaban J connectivity index is 1.93. The van der Waals surface area contributed by atoms with E-state index in [2.05, 4.69) is 74.2 Å². The summed E-state index contributed by atoms with van der Waals surface area (Å²) in [6, 6.07) is 21.0. The molecule has 1 aliphatic rings. The van der Waals surface area contributed by atoms with Crippen LogP contribution >= 0.6 is 0 Å². The van der Waals surface area contributed by atoms with Gasteiger partial charge < -0.3 is 9.47 Å². The van der Waals surface area contributed by atoms with Crippen LogP contribution in [0.15, 0.2) is 60.7 Å². The summed E-state index contributed by atoms with van der Waals surface area (Å²) in [6.45, 7) is 11.1. The Labute approximate surface area is 229 Å². The fourth-order valence-electron chi connectivity index (χ4n) is 5.87. The van der Waals surface area contributed by atoms with E-state index in [-0.39, 0.29) is 54.5 Å². The molecule has 2 aromatic carbocycles. The molecule has 1 aliphatic carbocycles. The maximum atomic E-state index is 13.8. The second kappa shape index (κ2) is 15.1. The van der Waals surface area contributed by atoms with E-state index < -0.39 is 0 Å². The van der Waals surface area contributed by atoms with Crippen LogP contribution in [0.1, 0.15) is 96.7 Å². The molecule has 0 N–H and O–H groups in total. The summed E-state index contributed by atoms with van der Waals surface area (Å²) in [5.41, 5.74) is 2.42. The van der Waals surface area contributed by atoms with Crippen molar-refractivity contribution in [3.8, 4) is 0 Å². The third-order valence-corrected chi connectivity index (χ3v) is 8.27. The predicted molar refractivity (Wildman–Crippen MR) is 152 cm³/mol. The van der Waals surface area contributed by atoms with Gasteiger partial charge in [0.25, 0.3) is 0 Å². The lowest BCUT2D eigenvalue weighted by atomic mass is 9.88. The number of nitrogens with zero attached hydrogens (tertiary/aromatic N) is 1. The van der Waals surface area contributed by atoms with Gasteiger partial charge in [0, 0.05) is 25.0 Å². The van der Waals surface area contributed by atoms with Crippen molar-refractivity contribution in [2.24, 2.45) is 11.8 Å². The van der Waals surface area contributed by atoms with Crippen molar-refractivity contribution in [3.63, 3.8) is 0 Å². The van der Waals surface area contributed by atoms with Crippen molar-refractivity contribution in [1.29, 1.82) is 0 Å². The fraction of sp³-hybridized carbons (Fsp3) is 0.576. The van der Waals surface area contributed by atoms with E-state index in [1.165, 1.54) is 11.1 Å². The summed E-state index contributed by atoms with van der Waals surface area (Å²) in [7, 11) is 0. The summed E-state index contributed by atoms with van der Waals surface area (Å²) in [6.07, 6.45) is 4.91. The molecule has 3 rings (SSSR count). The van der Waals surface area contributed by atoms with Crippen LogP contribution in [0.3, 0.4) is 0 Å². The number of rotatable bonds is 14. The average Bonchev–Trinajstić information content (AvgIpc) is 3.36. The van der Waals surface area contributed by atoms with E-state index in [0.29, 0.717) is 0 Å². The normalized spacial score (nSPS) is 20.2. The van der Waals surface area contributed by atoms with Gasteiger partial charge in [0.1, 0.15) is 12.2 Å². The highest BCUT2D eigenvalue weighted by Crippen LogP contribution is 2.42. The minimum Gasteiger partial charge on any atom is -0.462 e. The van der Waals surface area contributed by atoms with Crippen LogP contribution in [0.25, 0.3) is 0 Å². The Kier molecular flexibility index (Phi) is 11.8. The summed E-state index contributed by atoms with van der Waals surface area (Å²) in [5, 5.41) is 0. The van der Waals surface area contributed by atoms with Gasteiger partial charge in [-0.3, -0.25) is 14.5 Å². The number of benzene rings is 2. The maximum Gasteiger partial charge on any atom is 0.311 e. The lowest BCUT2D eigenvalue weighted by molar-refractivity contribution is -0.160. The number of ether oxygens (including phenoxy) is 2. The smallest absolute Gasteiger partial charge is 0.311 e. The number of carbonyl (C=O) groups is 2. The molecule has 1 saturated carbocycles. The minimum atomic E-state index is -0.375. The summed E-state index contributed by atoms with van der Waals surface area (Å²) < 4.78 is 11.8. The Morgan fingerprint density at radius 1 is 0.816 bits per heavy atom. The van der Waals surface area contributed by atoms with Gasteiger partial charge in [-0.25, -0.2) is 0 Å². The summed E-state index contributed by atoms with van der Waals surface area (Å²) in [5.74, 6) is -0.833. The van der Waals surface area contributed by atoms with E-state index in [1.807, 2.05) is 26.0 Å². The van der Waals surface area contributed by atoms with Crippen molar-refractivity contribution in [2.45, 2.75) is 110 Å². The third kappa shape index (κ3) is 7.92. The molecule has 1 fully saturated rings. The van der Waals surface area contributed by atoms with Gasteiger partial charge in [-0.1, -0.05) is 88.4 Å². The first-order chi connectivity index (χ1) is 18.4. The van der Waals surface area contributed by atoms with Crippen molar-refractivity contribution in [2.75, 3.05) is 0 Å². The Bertz CT molecular complexity index is 971. The largest absolute Gasteiger partial charge is 0.462 e. The van der Waals surface area contributed by atoms with Crippen LogP contribution in [0.5, 0.6) is 0 Å². The SMILES string of the molecule is CCC(CC)OC(=O)C[C@@H]1CC[C@@H](N(Cc2ccccc2)[C@H](C)c2ccccc2)[C@@H]1C(=O)OC(CC)CC. The van der Waals surface area contributed by atoms with E-state index in [9.17, 15) is 9.59 Å². The van der Waals surface area contributed by atoms with Crippen LogP contribution in [-0.4, -0.2) is 35.1 Å². The first-order valence-electron chi connectivity index (χ1n) is 14.7. The van der Waals surface area contributed by atoms with Crippen LogP contribution in [0, 0.1) is 11.8 Å². The average molecular weight is 522 g/mol. The number of hydrogen-bond donors (Lipinski definition) is 0. The van der Waals surface area contributed by atoms with Gasteiger partial charge in [-0.2, -0.15) is 0 Å². The lowest BCUT2D eigenvalue weighted by Gasteiger charge is -2.38. The van der Waals surface area contributed by atoms with E-state index >= 15 is 0 Å². The standard InChI is InChI=1S/C33H47NO4/c1-6-28(7-2)37-31(35)22-27-20-21-30(32(27)33(36)38-29(8-3)9-4)34(23-25-16-12-10-13-17-25)24(5)26-18-14-11-15-19-26/h10-19,24,27-30,32H,6-9,20-23H2,1-5H3/t24-,27+,30-,32-/m1/s1. The first-order valence-corrected chi connectivity index (χ1v) is 14.7. The Hall–Kier alpha value is -2.66. The highest BCUT2D eigenvalue weighted by atomic mass is 16.5. The molecule has 208 valence electrons. The van der Waals surface area contributed by atoms with Crippen LogP contribution < -0.4 is 0 Å². The van der Waals surface area contributed by atoms with Crippen molar-refractivity contribution in [3.05, 3.63) is 71.8 Å². The highest BCUT2D eigenvalue weighted by Gasteiger charge is 2.47. The zero-order chi connectivity index (χ0) is 27.5. The van der Waals surface area contributed by atoms with Crippen LogP contribution in [0.2, 0.25) is 0 Å². The third-order valence-electron chi connectivity index (χ3n) is 8.27. The topological polar surface area (TPSA) is 55.8 Å². The molecule has 5 nitrogen and oxygen atoms in total. The van der Waals surface area contributed by atoms with E-state index in [0.717, 1.165) is 45.1 Å². The zero-order valence-corrected chi connectivity index (χ0v) is 24.0. The molecule has 0 unspecified atom stereocenters. The maximum absolute atomic E-state index is 13.8. The molecular weight excluding hydrogens is 474 g/mol. The van der Waals surface area contributed by atoms with Crippen LogP contribution in [-0.2, 0) is 25.6 Å². The first kappa shape index (κ1) is 29.9. The minimum absolute atomic E-state index is 0.0294. The number of hydrogen-bond acceptors (Lipinski definition) is 5. The monoisotopic (exact) mass is 521 g/mol. The quantitative estimate of drug-likeness (QED) is 0.241. The lowest BCUT2D eigenvalue weighted by Crippen LogP contribution is -2.44. The molecule has 0 amide bonds. The second-order valence-corrected chi connectivity index (χ2v) is 10.7. The predicted octanol–water partition coefficient (Wildman–Crippen LogP) is 7.50. The zero-order valence-electron chi connectivity index (χ0n) is 24.0. The Morgan fingerprint density at radius 3 is 1.95 bits per heavy atom. The van der Waals surface area contributed by atoms with E-state index in [4.69, 9.17) is 9.47 Å². The molecule has 2 aromatic rings. The number of esters is 2. The summed E-state index contributed by atoms with van der Waals surface area (Å²) in [4.78, 5) is 29.2. The molecule has 0 spiro atoms. The molecule has 0 saturated heterocycles. The van der Waals surface area contributed by atoms with Crippen molar-refractivity contribution >= 4 is 11.9 Å². The summed E-state index contributed by atoms with van der Waals surface area (Å²) >= 11 is 0. The molecule has 0 heterocycles. The van der Waals surface area contributed by atoms with Crippen LogP contribution in [0.4, 0.5) is 0 Å². The molecule has 0 aromatic heterocycles. The molecular formula is C33H47NO4. The molecule has 0 aliphatic heterocycles. The molecule has 0 bridgehead atoms. The van der Waals surface area contributed by atoms with Gasteiger partial charge in [-0.15, -0.1) is 0 Å². The van der Waals surface area contributed by atoms with Gasteiger partial charge >= 0.3 is 11.9 Å².